The van der Waals surface area contributed by atoms with Gasteiger partial charge in [0.05, 0.1) is 18.1 Å². The zero-order valence-electron chi connectivity index (χ0n) is 27.6. The smallest absolute Gasteiger partial charge is 0.303 e. The Hall–Kier alpha value is -1.83. The van der Waals surface area contributed by atoms with Gasteiger partial charge in [-0.15, -0.1) is 0 Å². The van der Waals surface area contributed by atoms with Crippen molar-refractivity contribution in [2.24, 2.45) is 44.3 Å². The lowest BCUT2D eigenvalue weighted by Crippen LogP contribution is -2.59. The second-order valence-corrected chi connectivity index (χ2v) is 16.5. The van der Waals surface area contributed by atoms with Gasteiger partial charge in [0.15, 0.2) is 0 Å². The van der Waals surface area contributed by atoms with Crippen LogP contribution in [-0.2, 0) is 9.59 Å². The highest BCUT2D eigenvalue weighted by atomic mass is 16.4. The number of nitriles is 1. The third kappa shape index (κ3) is 6.79. The number of fused-ring (bicyclic) bond motifs is 1. The minimum absolute atomic E-state index is 0.0520. The molecular formula is C35H59NO4. The predicted molar refractivity (Wildman–Crippen MR) is 163 cm³/mol. The summed E-state index contributed by atoms with van der Waals surface area (Å²) in [6, 6.07) is 2.29. The quantitative estimate of drug-likeness (QED) is 0.235. The van der Waals surface area contributed by atoms with Crippen LogP contribution in [0.3, 0.4) is 0 Å². The van der Waals surface area contributed by atoms with Gasteiger partial charge in [0.1, 0.15) is 11.5 Å². The van der Waals surface area contributed by atoms with Crippen molar-refractivity contribution in [3.63, 3.8) is 0 Å². The van der Waals surface area contributed by atoms with Crippen molar-refractivity contribution >= 4 is 11.8 Å². The van der Waals surface area contributed by atoms with Crippen LogP contribution in [0.15, 0.2) is 11.3 Å². The van der Waals surface area contributed by atoms with E-state index in [1.165, 1.54) is 0 Å². The average Bonchev–Trinajstić information content (AvgIpc) is 2.81. The van der Waals surface area contributed by atoms with Gasteiger partial charge in [-0.05, 0) is 97.2 Å². The highest BCUT2D eigenvalue weighted by molar-refractivity contribution is 5.76. The number of carbonyl (C=O) groups is 2. The molecule has 0 aromatic heterocycles. The molecule has 228 valence electrons. The van der Waals surface area contributed by atoms with Gasteiger partial charge >= 0.3 is 5.97 Å². The summed E-state index contributed by atoms with van der Waals surface area (Å²) in [4.78, 5) is 24.8. The van der Waals surface area contributed by atoms with E-state index in [1.54, 1.807) is 6.92 Å². The number of aliphatic carboxylic acids is 1. The summed E-state index contributed by atoms with van der Waals surface area (Å²) in [6.45, 7) is 24.0. The molecule has 40 heavy (non-hydrogen) atoms. The first-order valence-corrected chi connectivity index (χ1v) is 15.6. The number of carbonyl (C=O) groups excluding carboxylic acids is 1. The molecular weight excluding hydrogens is 498 g/mol. The van der Waals surface area contributed by atoms with Gasteiger partial charge in [0.25, 0.3) is 0 Å². The lowest BCUT2D eigenvalue weighted by atomic mass is 9.39. The topological polar surface area (TPSA) is 98.4 Å². The molecule has 2 rings (SSSR count). The molecule has 0 bridgehead atoms. The van der Waals surface area contributed by atoms with Gasteiger partial charge in [-0.2, -0.15) is 5.26 Å². The Kier molecular flexibility index (Phi) is 10.1. The van der Waals surface area contributed by atoms with E-state index in [2.05, 4.69) is 75.3 Å². The normalized spacial score (nSPS) is 30.2. The summed E-state index contributed by atoms with van der Waals surface area (Å²) in [6.07, 6.45) is 8.86. The number of Topliss-reactive ketones (excluding diaryl/α,β-unsaturated/α-hetero) is 1. The second-order valence-electron chi connectivity index (χ2n) is 16.5. The number of hydrogen-bond acceptors (Lipinski definition) is 4. The zero-order chi connectivity index (χ0) is 30.9. The fourth-order valence-electron chi connectivity index (χ4n) is 9.03. The van der Waals surface area contributed by atoms with Crippen molar-refractivity contribution in [2.45, 2.75) is 147 Å². The van der Waals surface area contributed by atoms with Crippen molar-refractivity contribution in [2.75, 3.05) is 0 Å². The third-order valence-electron chi connectivity index (χ3n) is 12.1. The van der Waals surface area contributed by atoms with E-state index in [4.69, 9.17) is 0 Å². The molecule has 5 atom stereocenters. The van der Waals surface area contributed by atoms with Crippen molar-refractivity contribution < 1.29 is 19.8 Å². The minimum Gasteiger partial charge on any atom is -0.511 e. The molecule has 5 nitrogen and oxygen atoms in total. The predicted octanol–water partition coefficient (Wildman–Crippen LogP) is 9.66. The summed E-state index contributed by atoms with van der Waals surface area (Å²) < 4.78 is 0. The SMILES string of the molecule is CCCC(C)(C)CC[C@@](C)(CCC(C)(C)[C@]1(C)CC[C@H]2C(C)(C)C(O)=C(C#N)C[C@]2(C)[C@H]1CC(C)=O)CC(=O)O. The van der Waals surface area contributed by atoms with Crippen molar-refractivity contribution in [3.8, 4) is 6.07 Å². The summed E-state index contributed by atoms with van der Waals surface area (Å²) in [5.41, 5.74) is -0.797. The van der Waals surface area contributed by atoms with Crippen molar-refractivity contribution in [1.29, 1.82) is 5.26 Å². The largest absolute Gasteiger partial charge is 0.511 e. The number of carboxylic acids is 1. The molecule has 5 heteroatoms. The number of allylic oxidation sites excluding steroid dienone is 2. The summed E-state index contributed by atoms with van der Waals surface area (Å²) in [7, 11) is 0. The number of rotatable bonds is 13. The van der Waals surface area contributed by atoms with E-state index in [0.717, 1.165) is 51.4 Å². The molecule has 1 fully saturated rings. The van der Waals surface area contributed by atoms with Crippen LogP contribution in [0.4, 0.5) is 0 Å². The summed E-state index contributed by atoms with van der Waals surface area (Å²) in [5, 5.41) is 30.8. The van der Waals surface area contributed by atoms with E-state index in [9.17, 15) is 25.1 Å². The standard InChI is InChI=1S/C35H59NO4/c1-12-14-30(3,4)16-18-33(9,22-28(38)39)19-17-31(5,6)35(11)15-13-26-32(7,8)29(40)25(23-36)21-34(26,10)27(35)20-24(2)37/h26-27,40H,12-22H2,1-11H3,(H,38,39)/t26-,27+,33-,34-,35+/m0/s1. The van der Waals surface area contributed by atoms with Crippen LogP contribution in [0.2, 0.25) is 0 Å². The third-order valence-corrected chi connectivity index (χ3v) is 12.1. The highest BCUT2D eigenvalue weighted by Gasteiger charge is 2.63. The number of hydrogen-bond donors (Lipinski definition) is 2. The highest BCUT2D eigenvalue weighted by Crippen LogP contribution is 2.69. The second kappa shape index (κ2) is 11.8. The van der Waals surface area contributed by atoms with E-state index in [0.29, 0.717) is 18.4 Å². The Morgan fingerprint density at radius 3 is 2.08 bits per heavy atom. The van der Waals surface area contributed by atoms with Gasteiger partial charge in [-0.3, -0.25) is 4.79 Å². The van der Waals surface area contributed by atoms with Crippen molar-refractivity contribution in [1.82, 2.24) is 0 Å². The van der Waals surface area contributed by atoms with Gasteiger partial charge in [-0.25, -0.2) is 0 Å². The molecule has 0 radical (unpaired) electrons. The molecule has 0 spiro atoms. The van der Waals surface area contributed by atoms with Gasteiger partial charge in [0.2, 0.25) is 0 Å². The Balaban J connectivity index is 2.46. The van der Waals surface area contributed by atoms with Gasteiger partial charge < -0.3 is 15.0 Å². The van der Waals surface area contributed by atoms with Crippen LogP contribution in [0.1, 0.15) is 147 Å². The Morgan fingerprint density at radius 2 is 1.57 bits per heavy atom. The molecule has 2 aliphatic rings. The monoisotopic (exact) mass is 557 g/mol. The molecule has 0 aromatic carbocycles. The first-order chi connectivity index (χ1) is 18.1. The Bertz CT molecular complexity index is 1030. The number of aliphatic hydroxyl groups excluding tert-OH is 1. The summed E-state index contributed by atoms with van der Waals surface area (Å²) >= 11 is 0. The maximum atomic E-state index is 12.8. The Labute approximate surface area is 245 Å². The number of carboxylic acid groups (broad SMARTS) is 1. The first kappa shape index (κ1) is 34.4. The molecule has 0 heterocycles. The average molecular weight is 558 g/mol. The fourth-order valence-corrected chi connectivity index (χ4v) is 9.03. The molecule has 0 amide bonds. The van der Waals surface area contributed by atoms with Gasteiger partial charge in [-0.1, -0.05) is 75.7 Å². The first-order valence-electron chi connectivity index (χ1n) is 15.6. The molecule has 0 aromatic rings. The molecule has 0 aliphatic heterocycles. The zero-order valence-corrected chi connectivity index (χ0v) is 27.6. The molecule has 1 saturated carbocycles. The molecule has 0 unspecified atom stereocenters. The lowest BCUT2D eigenvalue weighted by molar-refractivity contribution is -0.162. The molecule has 2 aliphatic carbocycles. The van der Waals surface area contributed by atoms with E-state index < -0.39 is 11.4 Å². The van der Waals surface area contributed by atoms with Crippen LogP contribution in [0.5, 0.6) is 0 Å². The maximum Gasteiger partial charge on any atom is 0.303 e. The summed E-state index contributed by atoms with van der Waals surface area (Å²) in [5.74, 6) is -0.128. The minimum atomic E-state index is -0.734. The van der Waals surface area contributed by atoms with E-state index >= 15 is 0 Å². The lowest BCUT2D eigenvalue weighted by Gasteiger charge is -2.65. The Morgan fingerprint density at radius 1 is 1.00 bits per heavy atom. The number of nitrogens with zero attached hydrogens (tertiary/aromatic N) is 1. The van der Waals surface area contributed by atoms with Crippen LogP contribution in [0, 0.1) is 55.7 Å². The van der Waals surface area contributed by atoms with Crippen LogP contribution < -0.4 is 0 Å². The fraction of sp³-hybridized carbons (Fsp3) is 0.857. The number of aliphatic hydroxyl groups is 1. The van der Waals surface area contributed by atoms with E-state index in [-0.39, 0.29) is 56.9 Å². The van der Waals surface area contributed by atoms with Crippen molar-refractivity contribution in [3.05, 3.63) is 11.3 Å². The molecule has 2 N–H and O–H groups in total. The van der Waals surface area contributed by atoms with Gasteiger partial charge in [0, 0.05) is 11.8 Å². The van der Waals surface area contributed by atoms with Crippen LogP contribution in [0.25, 0.3) is 0 Å². The van der Waals surface area contributed by atoms with Crippen LogP contribution >= 0.6 is 0 Å². The van der Waals surface area contributed by atoms with Crippen LogP contribution in [-0.4, -0.2) is 22.0 Å². The molecule has 0 saturated heterocycles. The van der Waals surface area contributed by atoms with E-state index in [1.807, 2.05) is 0 Å². The maximum absolute atomic E-state index is 12.8. The number of ketones is 1.